The van der Waals surface area contributed by atoms with Crippen molar-refractivity contribution in [2.24, 2.45) is 0 Å². The predicted octanol–water partition coefficient (Wildman–Crippen LogP) is 3.51. The summed E-state index contributed by atoms with van der Waals surface area (Å²) in [5.41, 5.74) is 0.444. The molecule has 0 atom stereocenters. The van der Waals surface area contributed by atoms with Gasteiger partial charge in [-0.25, -0.2) is 4.39 Å². The molecule has 0 amide bonds. The summed E-state index contributed by atoms with van der Waals surface area (Å²) in [4.78, 5) is 15.5. The van der Waals surface area contributed by atoms with Crippen LogP contribution in [0.5, 0.6) is 0 Å². The van der Waals surface area contributed by atoms with Crippen molar-refractivity contribution in [3.8, 4) is 0 Å². The van der Waals surface area contributed by atoms with E-state index in [1.54, 1.807) is 30.1 Å². The molecular weight excluding hydrogens is 249 g/mol. The van der Waals surface area contributed by atoms with E-state index in [1.807, 2.05) is 19.1 Å². The SMILES string of the molecule is Cc1ccc(C(=O)CN(C)c2ccccc2F)s1. The number of halogens is 1. The van der Waals surface area contributed by atoms with Gasteiger partial charge in [0, 0.05) is 11.9 Å². The molecule has 0 bridgehead atoms. The van der Waals surface area contributed by atoms with Crippen LogP contribution in [0.3, 0.4) is 0 Å². The van der Waals surface area contributed by atoms with Crippen LogP contribution in [-0.2, 0) is 0 Å². The molecule has 1 heterocycles. The minimum atomic E-state index is -0.310. The minimum Gasteiger partial charge on any atom is -0.364 e. The predicted molar refractivity (Wildman–Crippen MR) is 73.1 cm³/mol. The number of para-hydroxylation sites is 1. The Morgan fingerprint density at radius 2 is 2.00 bits per heavy atom. The zero-order valence-corrected chi connectivity index (χ0v) is 11.1. The zero-order valence-electron chi connectivity index (χ0n) is 10.3. The molecule has 0 spiro atoms. The zero-order chi connectivity index (χ0) is 13.1. The van der Waals surface area contributed by atoms with E-state index in [1.165, 1.54) is 17.4 Å². The Morgan fingerprint density at radius 1 is 1.28 bits per heavy atom. The highest BCUT2D eigenvalue weighted by atomic mass is 32.1. The Morgan fingerprint density at radius 3 is 2.61 bits per heavy atom. The van der Waals surface area contributed by atoms with E-state index in [2.05, 4.69) is 0 Å². The van der Waals surface area contributed by atoms with Crippen LogP contribution in [0.25, 0.3) is 0 Å². The van der Waals surface area contributed by atoms with Gasteiger partial charge in [0.05, 0.1) is 17.1 Å². The van der Waals surface area contributed by atoms with Gasteiger partial charge in [0.25, 0.3) is 0 Å². The van der Waals surface area contributed by atoms with Crippen molar-refractivity contribution in [1.29, 1.82) is 0 Å². The molecule has 18 heavy (non-hydrogen) atoms. The highest BCUT2D eigenvalue weighted by Gasteiger charge is 2.13. The summed E-state index contributed by atoms with van der Waals surface area (Å²) in [5.74, 6) is -0.297. The highest BCUT2D eigenvalue weighted by Crippen LogP contribution is 2.19. The van der Waals surface area contributed by atoms with E-state index >= 15 is 0 Å². The van der Waals surface area contributed by atoms with E-state index in [4.69, 9.17) is 0 Å². The van der Waals surface area contributed by atoms with Crippen LogP contribution < -0.4 is 4.90 Å². The van der Waals surface area contributed by atoms with Gasteiger partial charge < -0.3 is 4.90 Å². The van der Waals surface area contributed by atoms with Gasteiger partial charge in [-0.3, -0.25) is 4.79 Å². The number of carbonyl (C=O) groups is 1. The second kappa shape index (κ2) is 5.31. The third-order valence-corrected chi connectivity index (χ3v) is 3.70. The third-order valence-electron chi connectivity index (χ3n) is 2.66. The first-order valence-corrected chi connectivity index (χ1v) is 6.45. The van der Waals surface area contributed by atoms with Gasteiger partial charge in [0.2, 0.25) is 0 Å². The Kier molecular flexibility index (Phi) is 3.77. The lowest BCUT2D eigenvalue weighted by Crippen LogP contribution is -2.25. The monoisotopic (exact) mass is 263 g/mol. The van der Waals surface area contributed by atoms with E-state index in [9.17, 15) is 9.18 Å². The van der Waals surface area contributed by atoms with Crippen LogP contribution >= 0.6 is 11.3 Å². The second-order valence-corrected chi connectivity index (χ2v) is 5.43. The molecule has 1 aromatic heterocycles. The number of thiophene rings is 1. The molecule has 0 aliphatic heterocycles. The molecule has 2 nitrogen and oxygen atoms in total. The second-order valence-electron chi connectivity index (χ2n) is 4.14. The number of ketones is 1. The number of carbonyl (C=O) groups excluding carboxylic acids is 1. The smallest absolute Gasteiger partial charge is 0.191 e. The molecule has 0 fully saturated rings. The van der Waals surface area contributed by atoms with Gasteiger partial charge in [0.1, 0.15) is 5.82 Å². The van der Waals surface area contributed by atoms with E-state index in [0.717, 1.165) is 9.75 Å². The standard InChI is InChI=1S/C14H14FNOS/c1-10-7-8-14(18-10)13(17)9-16(2)12-6-4-3-5-11(12)15/h3-8H,9H2,1-2H3. The summed E-state index contributed by atoms with van der Waals surface area (Å²) >= 11 is 1.47. The quantitative estimate of drug-likeness (QED) is 0.787. The molecule has 1 aromatic carbocycles. The van der Waals surface area contributed by atoms with Gasteiger partial charge in [-0.2, -0.15) is 0 Å². The number of rotatable bonds is 4. The number of anilines is 1. The largest absolute Gasteiger partial charge is 0.364 e. The average Bonchev–Trinajstić information content (AvgIpc) is 2.76. The highest BCUT2D eigenvalue weighted by molar-refractivity contribution is 7.14. The molecule has 2 aromatic rings. The number of nitrogens with zero attached hydrogens (tertiary/aromatic N) is 1. The average molecular weight is 263 g/mol. The maximum atomic E-state index is 13.5. The fourth-order valence-electron chi connectivity index (χ4n) is 1.72. The Bertz CT molecular complexity index is 564. The number of hydrogen-bond acceptors (Lipinski definition) is 3. The van der Waals surface area contributed by atoms with Crippen LogP contribution in [0.2, 0.25) is 0 Å². The Hall–Kier alpha value is -1.68. The fraction of sp³-hybridized carbons (Fsp3) is 0.214. The topological polar surface area (TPSA) is 20.3 Å². The number of likely N-dealkylation sites (N-methyl/N-ethyl adjacent to an activating group) is 1. The Balaban J connectivity index is 2.10. The van der Waals surface area contributed by atoms with Crippen molar-refractivity contribution < 1.29 is 9.18 Å². The summed E-state index contributed by atoms with van der Waals surface area (Å²) in [6.45, 7) is 2.14. The van der Waals surface area contributed by atoms with Crippen LogP contribution in [-0.4, -0.2) is 19.4 Å². The lowest BCUT2D eigenvalue weighted by molar-refractivity contribution is 0.100. The molecule has 0 saturated heterocycles. The lowest BCUT2D eigenvalue weighted by Gasteiger charge is -2.18. The van der Waals surface area contributed by atoms with Gasteiger partial charge in [-0.1, -0.05) is 12.1 Å². The van der Waals surface area contributed by atoms with Crippen molar-refractivity contribution >= 4 is 22.8 Å². The summed E-state index contributed by atoms with van der Waals surface area (Å²) in [6, 6.07) is 10.2. The molecular formula is C14H14FNOS. The van der Waals surface area contributed by atoms with Crippen LogP contribution in [0.1, 0.15) is 14.5 Å². The molecule has 0 aliphatic rings. The first-order valence-electron chi connectivity index (χ1n) is 5.63. The van der Waals surface area contributed by atoms with Crippen LogP contribution in [0, 0.1) is 12.7 Å². The number of aryl methyl sites for hydroxylation is 1. The molecule has 0 unspecified atom stereocenters. The van der Waals surface area contributed by atoms with Gasteiger partial charge >= 0.3 is 0 Å². The van der Waals surface area contributed by atoms with Gasteiger partial charge in [-0.15, -0.1) is 11.3 Å². The summed E-state index contributed by atoms with van der Waals surface area (Å²) in [5, 5.41) is 0. The molecule has 0 saturated carbocycles. The van der Waals surface area contributed by atoms with Crippen molar-refractivity contribution in [1.82, 2.24) is 0 Å². The number of hydrogen-bond donors (Lipinski definition) is 0. The van der Waals surface area contributed by atoms with E-state index in [0.29, 0.717) is 5.69 Å². The van der Waals surface area contributed by atoms with E-state index in [-0.39, 0.29) is 18.1 Å². The normalized spacial score (nSPS) is 10.4. The molecule has 0 aliphatic carbocycles. The first-order chi connectivity index (χ1) is 8.58. The van der Waals surface area contributed by atoms with Crippen molar-refractivity contribution in [2.45, 2.75) is 6.92 Å². The molecule has 0 N–H and O–H groups in total. The first kappa shape index (κ1) is 12.8. The maximum Gasteiger partial charge on any atom is 0.191 e. The fourth-order valence-corrected chi connectivity index (χ4v) is 2.52. The maximum absolute atomic E-state index is 13.5. The summed E-state index contributed by atoms with van der Waals surface area (Å²) in [7, 11) is 1.72. The Labute approximate surface area is 110 Å². The van der Waals surface area contributed by atoms with Crippen molar-refractivity contribution in [3.63, 3.8) is 0 Å². The summed E-state index contributed by atoms with van der Waals surface area (Å²) in [6.07, 6.45) is 0. The van der Waals surface area contributed by atoms with Crippen LogP contribution in [0.4, 0.5) is 10.1 Å². The molecule has 4 heteroatoms. The molecule has 2 rings (SSSR count). The van der Waals surface area contributed by atoms with Crippen LogP contribution in [0.15, 0.2) is 36.4 Å². The number of Topliss-reactive ketones (excluding diaryl/α,β-unsaturated/α-hetero) is 1. The summed E-state index contributed by atoms with van der Waals surface area (Å²) < 4.78 is 13.5. The minimum absolute atomic E-state index is 0.0128. The van der Waals surface area contributed by atoms with Crippen molar-refractivity contribution in [2.75, 3.05) is 18.5 Å². The van der Waals surface area contributed by atoms with Crippen molar-refractivity contribution in [3.05, 3.63) is 52.0 Å². The number of benzene rings is 1. The lowest BCUT2D eigenvalue weighted by atomic mass is 10.2. The van der Waals surface area contributed by atoms with E-state index < -0.39 is 0 Å². The molecule has 94 valence electrons. The third kappa shape index (κ3) is 2.76. The molecule has 0 radical (unpaired) electrons. The van der Waals surface area contributed by atoms with Gasteiger partial charge in [-0.05, 0) is 31.2 Å². The van der Waals surface area contributed by atoms with Gasteiger partial charge in [0.15, 0.2) is 5.78 Å².